The maximum absolute atomic E-state index is 12.2. The summed E-state index contributed by atoms with van der Waals surface area (Å²) in [5.74, 6) is 1.40. The molecule has 7 nitrogen and oxygen atoms in total. The van der Waals surface area contributed by atoms with E-state index in [1.54, 1.807) is 6.92 Å². The summed E-state index contributed by atoms with van der Waals surface area (Å²) in [6, 6.07) is 2.46. The van der Waals surface area contributed by atoms with Gasteiger partial charge in [-0.1, -0.05) is 13.8 Å². The van der Waals surface area contributed by atoms with Crippen LogP contribution in [0.4, 0.5) is 5.69 Å². The van der Waals surface area contributed by atoms with E-state index in [-0.39, 0.29) is 11.9 Å². The van der Waals surface area contributed by atoms with Gasteiger partial charge in [0.2, 0.25) is 5.91 Å². The smallest absolute Gasteiger partial charge is 0.220 e. The number of rotatable bonds is 4. The van der Waals surface area contributed by atoms with Gasteiger partial charge in [-0.2, -0.15) is 0 Å². The second kappa shape index (κ2) is 8.61. The maximum Gasteiger partial charge on any atom is 0.220 e. The maximum atomic E-state index is 12.2. The van der Waals surface area contributed by atoms with Crippen molar-refractivity contribution < 1.29 is 9.59 Å². The molecule has 1 N–H and O–H groups in total. The molecule has 168 valence electrons. The molecule has 1 aromatic heterocycles. The highest BCUT2D eigenvalue weighted by Crippen LogP contribution is 2.36. The summed E-state index contributed by atoms with van der Waals surface area (Å²) in [5.41, 5.74) is 4.34. The number of nitrogens with zero attached hydrogens (tertiary/aromatic N) is 4. The van der Waals surface area contributed by atoms with Crippen LogP contribution >= 0.6 is 0 Å². The average Bonchev–Trinajstić information content (AvgIpc) is 3.16. The van der Waals surface area contributed by atoms with E-state index < -0.39 is 0 Å². The van der Waals surface area contributed by atoms with E-state index in [1.165, 1.54) is 0 Å². The van der Waals surface area contributed by atoms with Gasteiger partial charge in [-0.25, -0.2) is 4.98 Å². The molecule has 0 aliphatic carbocycles. The summed E-state index contributed by atoms with van der Waals surface area (Å²) in [6.45, 7) is 15.1. The standard InChI is InChI=1S/C24H35N5O2/c1-6-27-9-10-28(16(3)13-27)21-12-20-23(19(14-30)17(21)4)26-24(25-20)22-11-15(2)7-8-29(22)18(5)31/h12,14-16,22H,6-11,13H2,1-5H3,(H,25,26)/t15?,16-,22?/m0/s1. The number of aldehydes is 1. The molecule has 7 heteroatoms. The van der Waals surface area contributed by atoms with Crippen LogP contribution < -0.4 is 4.90 Å². The number of nitrogens with one attached hydrogen (secondary N) is 1. The molecule has 0 radical (unpaired) electrons. The van der Waals surface area contributed by atoms with Crippen molar-refractivity contribution in [3.8, 4) is 0 Å². The van der Waals surface area contributed by atoms with E-state index in [0.29, 0.717) is 23.0 Å². The lowest BCUT2D eigenvalue weighted by Crippen LogP contribution is -2.52. The minimum atomic E-state index is -0.0658. The third kappa shape index (κ3) is 3.95. The molecular weight excluding hydrogens is 390 g/mol. The quantitative estimate of drug-likeness (QED) is 0.759. The van der Waals surface area contributed by atoms with E-state index >= 15 is 0 Å². The van der Waals surface area contributed by atoms with Crippen LogP contribution in [0.3, 0.4) is 0 Å². The van der Waals surface area contributed by atoms with Gasteiger partial charge >= 0.3 is 0 Å². The summed E-state index contributed by atoms with van der Waals surface area (Å²) in [6.07, 6.45) is 2.84. The van der Waals surface area contributed by atoms with Crippen molar-refractivity contribution in [2.75, 3.05) is 37.6 Å². The number of likely N-dealkylation sites (N-methyl/N-ethyl adjacent to an activating group) is 1. The fourth-order valence-electron chi connectivity index (χ4n) is 5.33. The Labute approximate surface area is 184 Å². The lowest BCUT2D eigenvalue weighted by molar-refractivity contribution is -0.133. The number of H-pyrrole nitrogens is 1. The predicted octanol–water partition coefficient (Wildman–Crippen LogP) is 3.53. The Bertz CT molecular complexity index is 984. The molecule has 3 heterocycles. The van der Waals surface area contributed by atoms with E-state index in [0.717, 1.165) is 74.4 Å². The van der Waals surface area contributed by atoms with Crippen LogP contribution in [0.25, 0.3) is 11.0 Å². The second-order valence-electron chi connectivity index (χ2n) is 9.36. The zero-order valence-corrected chi connectivity index (χ0v) is 19.4. The number of imidazole rings is 1. The number of anilines is 1. The predicted molar refractivity (Wildman–Crippen MR) is 124 cm³/mol. The number of piperazine rings is 1. The van der Waals surface area contributed by atoms with Crippen molar-refractivity contribution >= 4 is 28.9 Å². The fraction of sp³-hybridized carbons (Fsp3) is 0.625. The largest absolute Gasteiger partial charge is 0.366 e. The van der Waals surface area contributed by atoms with E-state index in [1.807, 2.05) is 11.8 Å². The average molecular weight is 426 g/mol. The third-order valence-corrected chi connectivity index (χ3v) is 7.25. The topological polar surface area (TPSA) is 72.5 Å². The van der Waals surface area contributed by atoms with Gasteiger partial charge in [0, 0.05) is 50.4 Å². The molecule has 0 bridgehead atoms. The number of aromatic amines is 1. The third-order valence-electron chi connectivity index (χ3n) is 7.25. The number of carbonyl (C=O) groups is 2. The van der Waals surface area contributed by atoms with Gasteiger partial charge in [0.15, 0.2) is 6.29 Å². The van der Waals surface area contributed by atoms with E-state index in [4.69, 9.17) is 4.98 Å². The summed E-state index contributed by atoms with van der Waals surface area (Å²) in [4.78, 5) is 39.5. The molecule has 2 aliphatic rings. The SMILES string of the molecule is CCN1CCN(c2cc3[nH]c(C4CC(C)CCN4C(C)=O)nc3c(C=O)c2C)[C@@H](C)C1. The van der Waals surface area contributed by atoms with Gasteiger partial charge < -0.3 is 14.8 Å². The Morgan fingerprint density at radius 3 is 2.71 bits per heavy atom. The summed E-state index contributed by atoms with van der Waals surface area (Å²) in [7, 11) is 0. The van der Waals surface area contributed by atoms with Crippen LogP contribution in [0, 0.1) is 12.8 Å². The number of benzene rings is 1. The first kappa shape index (κ1) is 21.8. The molecule has 2 fully saturated rings. The number of hydrogen-bond acceptors (Lipinski definition) is 5. The number of piperidine rings is 1. The number of likely N-dealkylation sites (tertiary alicyclic amines) is 1. The van der Waals surface area contributed by atoms with E-state index in [2.05, 4.69) is 41.6 Å². The van der Waals surface area contributed by atoms with E-state index in [9.17, 15) is 9.59 Å². The zero-order chi connectivity index (χ0) is 22.3. The van der Waals surface area contributed by atoms with Gasteiger partial charge in [-0.3, -0.25) is 14.5 Å². The van der Waals surface area contributed by atoms with Crippen LogP contribution in [0.5, 0.6) is 0 Å². The molecule has 2 aromatic rings. The molecule has 1 aromatic carbocycles. The Morgan fingerprint density at radius 2 is 2.06 bits per heavy atom. The lowest BCUT2D eigenvalue weighted by Gasteiger charge is -2.41. The van der Waals surface area contributed by atoms with Crippen molar-refractivity contribution in [2.45, 2.75) is 59.5 Å². The van der Waals surface area contributed by atoms with Crippen molar-refractivity contribution in [1.82, 2.24) is 19.8 Å². The van der Waals surface area contributed by atoms with Crippen LogP contribution in [0.1, 0.15) is 68.3 Å². The highest BCUT2D eigenvalue weighted by Gasteiger charge is 2.32. The Morgan fingerprint density at radius 1 is 1.29 bits per heavy atom. The van der Waals surface area contributed by atoms with Crippen molar-refractivity contribution in [2.24, 2.45) is 5.92 Å². The monoisotopic (exact) mass is 425 g/mol. The zero-order valence-electron chi connectivity index (χ0n) is 19.4. The molecule has 2 unspecified atom stereocenters. The van der Waals surface area contributed by atoms with Crippen molar-refractivity contribution in [1.29, 1.82) is 0 Å². The number of aromatic nitrogens is 2. The second-order valence-corrected chi connectivity index (χ2v) is 9.36. The van der Waals surface area contributed by atoms with Crippen LogP contribution in [-0.4, -0.2) is 70.7 Å². The van der Waals surface area contributed by atoms with Crippen molar-refractivity contribution in [3.05, 3.63) is 23.0 Å². The minimum absolute atomic E-state index is 0.0658. The van der Waals surface area contributed by atoms with Crippen LogP contribution in [0.2, 0.25) is 0 Å². The Balaban J connectivity index is 1.76. The molecule has 2 aliphatic heterocycles. The normalized spacial score (nSPS) is 25.3. The molecule has 4 rings (SSSR count). The highest BCUT2D eigenvalue weighted by atomic mass is 16.2. The highest BCUT2D eigenvalue weighted by molar-refractivity contribution is 5.99. The first-order valence-electron chi connectivity index (χ1n) is 11.6. The lowest BCUT2D eigenvalue weighted by atomic mass is 9.92. The molecule has 2 saturated heterocycles. The number of carbonyl (C=O) groups excluding carboxylic acids is 2. The van der Waals surface area contributed by atoms with Crippen LogP contribution in [0.15, 0.2) is 6.07 Å². The first-order chi connectivity index (χ1) is 14.8. The fourth-order valence-corrected chi connectivity index (χ4v) is 5.33. The Kier molecular flexibility index (Phi) is 6.06. The van der Waals surface area contributed by atoms with Crippen molar-refractivity contribution in [3.63, 3.8) is 0 Å². The van der Waals surface area contributed by atoms with Gasteiger partial charge in [0.25, 0.3) is 0 Å². The molecule has 0 spiro atoms. The minimum Gasteiger partial charge on any atom is -0.366 e. The van der Waals surface area contributed by atoms with Gasteiger partial charge in [-0.05, 0) is 50.8 Å². The number of hydrogen-bond donors (Lipinski definition) is 1. The number of amides is 1. The summed E-state index contributed by atoms with van der Waals surface area (Å²) >= 11 is 0. The first-order valence-corrected chi connectivity index (χ1v) is 11.6. The molecule has 3 atom stereocenters. The van der Waals surface area contributed by atoms with Crippen LogP contribution in [-0.2, 0) is 4.79 Å². The van der Waals surface area contributed by atoms with Gasteiger partial charge in [0.1, 0.15) is 5.82 Å². The summed E-state index contributed by atoms with van der Waals surface area (Å²) < 4.78 is 0. The molecular formula is C24H35N5O2. The molecule has 31 heavy (non-hydrogen) atoms. The van der Waals surface area contributed by atoms with Gasteiger partial charge in [0.05, 0.1) is 17.1 Å². The molecule has 1 amide bonds. The number of fused-ring (bicyclic) bond motifs is 1. The molecule has 0 saturated carbocycles. The van der Waals surface area contributed by atoms with Gasteiger partial charge in [-0.15, -0.1) is 0 Å². The Hall–Kier alpha value is -2.41. The summed E-state index contributed by atoms with van der Waals surface area (Å²) in [5, 5.41) is 0.